The zero-order valence-corrected chi connectivity index (χ0v) is 13.3. The zero-order chi connectivity index (χ0) is 15.2. The molecular weight excluding hydrogens is 330 g/mol. The number of rotatable bonds is 5. The molecule has 0 saturated carbocycles. The summed E-state index contributed by atoms with van der Waals surface area (Å²) in [6.45, 7) is 4.06. The maximum Gasteiger partial charge on any atom is 0.250 e. The number of methoxy groups -OCH3 is 1. The first kappa shape index (κ1) is 15.3. The highest BCUT2D eigenvalue weighted by atomic mass is 79.9. The first-order chi connectivity index (χ1) is 10.1. The quantitative estimate of drug-likeness (QED) is 0.761. The minimum Gasteiger partial charge on any atom is -0.497 e. The number of carbonyl (C=O) groups excluding carboxylic acids is 1. The van der Waals surface area contributed by atoms with Gasteiger partial charge in [-0.2, -0.15) is 0 Å². The normalized spacial score (nSPS) is 10.0. The van der Waals surface area contributed by atoms with E-state index < -0.39 is 0 Å². The molecule has 108 valence electrons. The molecule has 0 atom stereocenters. The fourth-order valence-electron chi connectivity index (χ4n) is 1.94. The Balaban J connectivity index is 2.25. The van der Waals surface area contributed by atoms with Gasteiger partial charge in [0.2, 0.25) is 0 Å². The fraction of sp³-hybridized carbons (Fsp3) is 0.118. The maximum absolute atomic E-state index is 12.1. The Morgan fingerprint density at radius 3 is 2.33 bits per heavy atom. The molecule has 2 aromatic carbocycles. The standard InChI is InChI=1S/C17H16BrNO2/c1-3-17(20)19(15-8-6-14(18)7-9-15)12-13-4-10-16(21-2)11-5-13/h3-11H,1,12H2,2H3. The van der Waals surface area contributed by atoms with Crippen LogP contribution in [0.4, 0.5) is 5.69 Å². The van der Waals surface area contributed by atoms with Gasteiger partial charge < -0.3 is 9.64 Å². The predicted octanol–water partition coefficient (Wildman–Crippen LogP) is 4.18. The molecule has 3 nitrogen and oxygen atoms in total. The summed E-state index contributed by atoms with van der Waals surface area (Å²) in [6, 6.07) is 15.3. The smallest absolute Gasteiger partial charge is 0.250 e. The molecule has 21 heavy (non-hydrogen) atoms. The molecule has 0 aliphatic rings. The molecule has 0 saturated heterocycles. The summed E-state index contributed by atoms with van der Waals surface area (Å²) < 4.78 is 6.11. The number of benzene rings is 2. The summed E-state index contributed by atoms with van der Waals surface area (Å²) >= 11 is 3.39. The molecule has 4 heteroatoms. The minimum absolute atomic E-state index is 0.131. The topological polar surface area (TPSA) is 29.5 Å². The van der Waals surface area contributed by atoms with Crippen LogP contribution in [0, 0.1) is 0 Å². The van der Waals surface area contributed by atoms with Gasteiger partial charge in [0, 0.05) is 10.2 Å². The zero-order valence-electron chi connectivity index (χ0n) is 11.8. The largest absolute Gasteiger partial charge is 0.497 e. The van der Waals surface area contributed by atoms with Crippen molar-refractivity contribution in [1.29, 1.82) is 0 Å². The third-order valence-corrected chi connectivity index (χ3v) is 3.61. The highest BCUT2D eigenvalue weighted by molar-refractivity contribution is 9.10. The van der Waals surface area contributed by atoms with Crippen LogP contribution in [0.3, 0.4) is 0 Å². The van der Waals surface area contributed by atoms with Gasteiger partial charge in [-0.05, 0) is 48.0 Å². The number of hydrogen-bond acceptors (Lipinski definition) is 2. The van der Waals surface area contributed by atoms with Crippen molar-refractivity contribution in [3.8, 4) is 5.75 Å². The molecule has 0 aliphatic heterocycles. The van der Waals surface area contributed by atoms with Gasteiger partial charge in [-0.25, -0.2) is 0 Å². The van der Waals surface area contributed by atoms with Crippen LogP contribution in [0.1, 0.15) is 5.56 Å². The van der Waals surface area contributed by atoms with E-state index in [4.69, 9.17) is 4.74 Å². The molecule has 1 amide bonds. The Morgan fingerprint density at radius 1 is 1.19 bits per heavy atom. The molecule has 0 bridgehead atoms. The number of anilines is 1. The van der Waals surface area contributed by atoms with Crippen LogP contribution >= 0.6 is 15.9 Å². The molecular formula is C17H16BrNO2. The van der Waals surface area contributed by atoms with Crippen LogP contribution in [0.25, 0.3) is 0 Å². The minimum atomic E-state index is -0.131. The van der Waals surface area contributed by atoms with Crippen LogP contribution < -0.4 is 9.64 Å². The molecule has 0 aliphatic carbocycles. The van der Waals surface area contributed by atoms with Gasteiger partial charge in [-0.1, -0.05) is 34.6 Å². The summed E-state index contributed by atoms with van der Waals surface area (Å²) in [4.78, 5) is 13.8. The lowest BCUT2D eigenvalue weighted by Gasteiger charge is -2.21. The average Bonchev–Trinajstić information content (AvgIpc) is 2.53. The van der Waals surface area contributed by atoms with Crippen molar-refractivity contribution in [3.63, 3.8) is 0 Å². The summed E-state index contributed by atoms with van der Waals surface area (Å²) in [5, 5.41) is 0. The number of amides is 1. The fourth-order valence-corrected chi connectivity index (χ4v) is 2.21. The van der Waals surface area contributed by atoms with Gasteiger partial charge >= 0.3 is 0 Å². The van der Waals surface area contributed by atoms with Crippen LogP contribution in [0.15, 0.2) is 65.7 Å². The maximum atomic E-state index is 12.1. The first-order valence-electron chi connectivity index (χ1n) is 6.46. The van der Waals surface area contributed by atoms with Crippen molar-refractivity contribution in [2.75, 3.05) is 12.0 Å². The van der Waals surface area contributed by atoms with Crippen molar-refractivity contribution >= 4 is 27.5 Å². The summed E-state index contributed by atoms with van der Waals surface area (Å²) in [6.07, 6.45) is 1.32. The van der Waals surface area contributed by atoms with E-state index in [1.54, 1.807) is 12.0 Å². The Bertz CT molecular complexity index is 620. The Labute approximate surface area is 133 Å². The molecule has 0 heterocycles. The third kappa shape index (κ3) is 3.95. The van der Waals surface area contributed by atoms with E-state index in [9.17, 15) is 4.79 Å². The lowest BCUT2D eigenvalue weighted by atomic mass is 10.2. The van der Waals surface area contributed by atoms with E-state index in [1.165, 1.54) is 6.08 Å². The molecule has 2 aromatic rings. The summed E-state index contributed by atoms with van der Waals surface area (Å²) in [5.74, 6) is 0.664. The Kier molecular flexibility index (Phi) is 5.17. The van der Waals surface area contributed by atoms with Crippen LogP contribution in [-0.4, -0.2) is 13.0 Å². The number of halogens is 1. The second-order valence-electron chi connectivity index (χ2n) is 4.45. The van der Waals surface area contributed by atoms with Gasteiger partial charge in [-0.15, -0.1) is 0 Å². The van der Waals surface area contributed by atoms with Gasteiger partial charge in [0.25, 0.3) is 5.91 Å². The van der Waals surface area contributed by atoms with Crippen molar-refractivity contribution in [1.82, 2.24) is 0 Å². The molecule has 0 radical (unpaired) electrons. The lowest BCUT2D eigenvalue weighted by molar-refractivity contribution is -0.114. The second kappa shape index (κ2) is 7.09. The van der Waals surface area contributed by atoms with Crippen molar-refractivity contribution in [2.24, 2.45) is 0 Å². The van der Waals surface area contributed by atoms with Crippen LogP contribution in [0.2, 0.25) is 0 Å². The number of hydrogen-bond donors (Lipinski definition) is 0. The number of nitrogens with zero attached hydrogens (tertiary/aromatic N) is 1. The monoisotopic (exact) mass is 345 g/mol. The molecule has 0 unspecified atom stereocenters. The Hall–Kier alpha value is -2.07. The number of carbonyl (C=O) groups is 1. The van der Waals surface area contributed by atoms with E-state index in [0.29, 0.717) is 6.54 Å². The summed E-state index contributed by atoms with van der Waals surface area (Å²) in [7, 11) is 1.63. The SMILES string of the molecule is C=CC(=O)N(Cc1ccc(OC)cc1)c1ccc(Br)cc1. The van der Waals surface area contributed by atoms with Gasteiger partial charge in [-0.3, -0.25) is 4.79 Å². The molecule has 0 aromatic heterocycles. The van der Waals surface area contributed by atoms with E-state index in [-0.39, 0.29) is 5.91 Å². The molecule has 2 rings (SSSR count). The molecule has 0 spiro atoms. The highest BCUT2D eigenvalue weighted by Crippen LogP contribution is 2.22. The van der Waals surface area contributed by atoms with Gasteiger partial charge in [0.05, 0.1) is 13.7 Å². The van der Waals surface area contributed by atoms with Crippen molar-refractivity contribution < 1.29 is 9.53 Å². The van der Waals surface area contributed by atoms with E-state index in [1.807, 2.05) is 48.5 Å². The third-order valence-electron chi connectivity index (χ3n) is 3.08. The highest BCUT2D eigenvalue weighted by Gasteiger charge is 2.13. The number of ether oxygens (including phenoxy) is 1. The van der Waals surface area contributed by atoms with Crippen LogP contribution in [-0.2, 0) is 11.3 Å². The molecule has 0 N–H and O–H groups in total. The van der Waals surface area contributed by atoms with E-state index in [0.717, 1.165) is 21.5 Å². The van der Waals surface area contributed by atoms with Crippen molar-refractivity contribution in [3.05, 3.63) is 71.2 Å². The van der Waals surface area contributed by atoms with Crippen LogP contribution in [0.5, 0.6) is 5.75 Å². The van der Waals surface area contributed by atoms with Gasteiger partial charge in [0.1, 0.15) is 5.75 Å². The average molecular weight is 346 g/mol. The van der Waals surface area contributed by atoms with Gasteiger partial charge in [0.15, 0.2) is 0 Å². The molecule has 0 fully saturated rings. The predicted molar refractivity (Wildman–Crippen MR) is 88.5 cm³/mol. The first-order valence-corrected chi connectivity index (χ1v) is 7.26. The summed E-state index contributed by atoms with van der Waals surface area (Å²) in [5.41, 5.74) is 1.85. The van der Waals surface area contributed by atoms with E-state index >= 15 is 0 Å². The Morgan fingerprint density at radius 2 is 1.81 bits per heavy atom. The second-order valence-corrected chi connectivity index (χ2v) is 5.37. The van der Waals surface area contributed by atoms with E-state index in [2.05, 4.69) is 22.5 Å². The van der Waals surface area contributed by atoms with Crippen molar-refractivity contribution in [2.45, 2.75) is 6.54 Å². The lowest BCUT2D eigenvalue weighted by Crippen LogP contribution is -2.28.